The van der Waals surface area contributed by atoms with Gasteiger partial charge in [0, 0.05) is 18.6 Å². The monoisotopic (exact) mass is 198 g/mol. The molecule has 1 fully saturated rings. The summed E-state index contributed by atoms with van der Waals surface area (Å²) < 4.78 is 0. The second kappa shape index (κ2) is 5.72. The molecule has 0 spiro atoms. The van der Waals surface area contributed by atoms with E-state index in [1.165, 1.54) is 25.7 Å². The quantitative estimate of drug-likeness (QED) is 0.728. The Morgan fingerprint density at radius 3 is 2.64 bits per heavy atom. The van der Waals surface area contributed by atoms with Gasteiger partial charge in [0.05, 0.1) is 0 Å². The summed E-state index contributed by atoms with van der Waals surface area (Å²) in [5.41, 5.74) is 0. The fraction of sp³-hybridized carbons (Fsp3) is 1.00. The molecule has 1 aliphatic rings. The van der Waals surface area contributed by atoms with Crippen molar-refractivity contribution in [3.8, 4) is 0 Å². The van der Waals surface area contributed by atoms with Crippen LogP contribution in [0.5, 0.6) is 0 Å². The summed E-state index contributed by atoms with van der Waals surface area (Å²) in [5.74, 6) is 0.935. The van der Waals surface area contributed by atoms with Crippen LogP contribution in [0.3, 0.4) is 0 Å². The van der Waals surface area contributed by atoms with E-state index in [1.807, 2.05) is 0 Å². The molecule has 0 aromatic carbocycles. The van der Waals surface area contributed by atoms with Crippen molar-refractivity contribution < 1.29 is 0 Å². The molecule has 1 aliphatic carbocycles. The molecule has 1 saturated carbocycles. The molecule has 0 aliphatic heterocycles. The highest BCUT2D eigenvalue weighted by Gasteiger charge is 2.25. The van der Waals surface area contributed by atoms with Crippen LogP contribution in [-0.2, 0) is 0 Å². The van der Waals surface area contributed by atoms with Crippen molar-refractivity contribution >= 4 is 0 Å². The SMILES string of the molecule is CCC1CCCC1NCC(C)N(C)C. The van der Waals surface area contributed by atoms with Crippen molar-refractivity contribution in [3.63, 3.8) is 0 Å². The van der Waals surface area contributed by atoms with E-state index >= 15 is 0 Å². The smallest absolute Gasteiger partial charge is 0.0186 e. The van der Waals surface area contributed by atoms with Gasteiger partial charge in [-0.3, -0.25) is 0 Å². The fourth-order valence-corrected chi connectivity index (χ4v) is 2.30. The largest absolute Gasteiger partial charge is 0.312 e. The Labute approximate surface area is 89.1 Å². The molecule has 2 heteroatoms. The maximum Gasteiger partial charge on any atom is 0.0186 e. The second-order valence-corrected chi connectivity index (χ2v) is 4.93. The van der Waals surface area contributed by atoms with Gasteiger partial charge in [0.2, 0.25) is 0 Å². The number of likely N-dealkylation sites (N-methyl/N-ethyl adjacent to an activating group) is 1. The molecular weight excluding hydrogens is 172 g/mol. The van der Waals surface area contributed by atoms with E-state index in [0.29, 0.717) is 6.04 Å². The third kappa shape index (κ3) is 3.25. The highest BCUT2D eigenvalue weighted by molar-refractivity contribution is 4.83. The average Bonchev–Trinajstić information content (AvgIpc) is 2.60. The Morgan fingerprint density at radius 1 is 1.36 bits per heavy atom. The van der Waals surface area contributed by atoms with Crippen molar-refractivity contribution in [3.05, 3.63) is 0 Å². The molecule has 2 nitrogen and oxygen atoms in total. The van der Waals surface area contributed by atoms with E-state index < -0.39 is 0 Å². The Bertz CT molecular complexity index is 156. The van der Waals surface area contributed by atoms with Gasteiger partial charge in [-0.1, -0.05) is 19.8 Å². The lowest BCUT2D eigenvalue weighted by Crippen LogP contribution is -2.41. The third-order valence-electron chi connectivity index (χ3n) is 3.74. The molecule has 0 saturated heterocycles. The first-order valence-electron chi connectivity index (χ1n) is 6.05. The van der Waals surface area contributed by atoms with Crippen molar-refractivity contribution in [2.75, 3.05) is 20.6 Å². The van der Waals surface area contributed by atoms with Gasteiger partial charge in [-0.2, -0.15) is 0 Å². The maximum absolute atomic E-state index is 3.72. The predicted molar refractivity (Wildman–Crippen MR) is 62.6 cm³/mol. The van der Waals surface area contributed by atoms with Crippen LogP contribution in [-0.4, -0.2) is 37.6 Å². The standard InChI is InChI=1S/C12H26N2/c1-5-11-7-6-8-12(11)13-9-10(2)14(3)4/h10-13H,5-9H2,1-4H3. The van der Waals surface area contributed by atoms with Crippen LogP contribution in [0.15, 0.2) is 0 Å². The van der Waals surface area contributed by atoms with Gasteiger partial charge in [-0.25, -0.2) is 0 Å². The van der Waals surface area contributed by atoms with E-state index in [2.05, 4.69) is 38.2 Å². The molecular formula is C12H26N2. The predicted octanol–water partition coefficient (Wildman–Crippen LogP) is 2.10. The van der Waals surface area contributed by atoms with Gasteiger partial charge >= 0.3 is 0 Å². The minimum absolute atomic E-state index is 0.646. The van der Waals surface area contributed by atoms with Crippen LogP contribution in [0.4, 0.5) is 0 Å². The summed E-state index contributed by atoms with van der Waals surface area (Å²) >= 11 is 0. The first kappa shape index (κ1) is 12.0. The van der Waals surface area contributed by atoms with Gasteiger partial charge in [0.25, 0.3) is 0 Å². The zero-order chi connectivity index (χ0) is 10.6. The van der Waals surface area contributed by atoms with Crippen LogP contribution in [0.2, 0.25) is 0 Å². The number of nitrogens with one attached hydrogen (secondary N) is 1. The van der Waals surface area contributed by atoms with E-state index in [-0.39, 0.29) is 0 Å². The average molecular weight is 198 g/mol. The lowest BCUT2D eigenvalue weighted by Gasteiger charge is -2.25. The van der Waals surface area contributed by atoms with Crippen LogP contribution < -0.4 is 5.32 Å². The first-order chi connectivity index (χ1) is 6.65. The number of hydrogen-bond acceptors (Lipinski definition) is 2. The van der Waals surface area contributed by atoms with E-state index in [0.717, 1.165) is 18.5 Å². The van der Waals surface area contributed by atoms with Crippen molar-refractivity contribution in [1.82, 2.24) is 10.2 Å². The molecule has 84 valence electrons. The fourth-order valence-electron chi connectivity index (χ4n) is 2.30. The number of nitrogens with zero attached hydrogens (tertiary/aromatic N) is 1. The van der Waals surface area contributed by atoms with E-state index in [9.17, 15) is 0 Å². The molecule has 1 rings (SSSR count). The lowest BCUT2D eigenvalue weighted by molar-refractivity contribution is 0.279. The Hall–Kier alpha value is -0.0800. The van der Waals surface area contributed by atoms with Crippen LogP contribution in [0, 0.1) is 5.92 Å². The van der Waals surface area contributed by atoms with Crippen molar-refractivity contribution in [2.24, 2.45) is 5.92 Å². The van der Waals surface area contributed by atoms with Gasteiger partial charge in [0.1, 0.15) is 0 Å². The summed E-state index contributed by atoms with van der Waals surface area (Å²) in [6.45, 7) is 5.73. The Kier molecular flexibility index (Phi) is 4.90. The van der Waals surface area contributed by atoms with Crippen LogP contribution >= 0.6 is 0 Å². The first-order valence-corrected chi connectivity index (χ1v) is 6.05. The van der Waals surface area contributed by atoms with Crippen molar-refractivity contribution in [1.29, 1.82) is 0 Å². The maximum atomic E-state index is 3.72. The highest BCUT2D eigenvalue weighted by atomic mass is 15.1. The summed E-state index contributed by atoms with van der Waals surface area (Å²) in [7, 11) is 4.30. The second-order valence-electron chi connectivity index (χ2n) is 4.93. The number of hydrogen-bond donors (Lipinski definition) is 1. The lowest BCUT2D eigenvalue weighted by atomic mass is 10.0. The highest BCUT2D eigenvalue weighted by Crippen LogP contribution is 2.27. The van der Waals surface area contributed by atoms with Gasteiger partial charge < -0.3 is 10.2 Å². The minimum atomic E-state index is 0.646. The summed E-state index contributed by atoms with van der Waals surface area (Å²) in [4.78, 5) is 2.28. The molecule has 3 atom stereocenters. The molecule has 0 radical (unpaired) electrons. The Morgan fingerprint density at radius 2 is 2.07 bits per heavy atom. The Balaban J connectivity index is 2.23. The van der Waals surface area contributed by atoms with Crippen molar-refractivity contribution in [2.45, 2.75) is 51.6 Å². The molecule has 14 heavy (non-hydrogen) atoms. The molecule has 0 amide bonds. The molecule has 3 unspecified atom stereocenters. The molecule has 0 aromatic rings. The molecule has 0 heterocycles. The van der Waals surface area contributed by atoms with Gasteiger partial charge in [-0.15, -0.1) is 0 Å². The summed E-state index contributed by atoms with van der Waals surface area (Å²) in [5, 5.41) is 3.72. The summed E-state index contributed by atoms with van der Waals surface area (Å²) in [6, 6.07) is 1.44. The minimum Gasteiger partial charge on any atom is -0.312 e. The molecule has 1 N–H and O–H groups in total. The normalized spacial score (nSPS) is 29.8. The number of rotatable bonds is 5. The third-order valence-corrected chi connectivity index (χ3v) is 3.74. The van der Waals surface area contributed by atoms with Gasteiger partial charge in [0.15, 0.2) is 0 Å². The molecule has 0 aromatic heterocycles. The molecule has 0 bridgehead atoms. The zero-order valence-corrected chi connectivity index (χ0v) is 10.2. The van der Waals surface area contributed by atoms with Crippen LogP contribution in [0.1, 0.15) is 39.5 Å². The van der Waals surface area contributed by atoms with Crippen LogP contribution in [0.25, 0.3) is 0 Å². The van der Waals surface area contributed by atoms with Gasteiger partial charge in [-0.05, 0) is 39.8 Å². The zero-order valence-electron chi connectivity index (χ0n) is 10.2. The van der Waals surface area contributed by atoms with E-state index in [4.69, 9.17) is 0 Å². The summed E-state index contributed by atoms with van der Waals surface area (Å²) in [6.07, 6.45) is 5.59. The van der Waals surface area contributed by atoms with E-state index in [1.54, 1.807) is 0 Å². The topological polar surface area (TPSA) is 15.3 Å².